The molecule has 3 rings (SSSR count). The van der Waals surface area contributed by atoms with Gasteiger partial charge >= 0.3 is 0 Å². The van der Waals surface area contributed by atoms with Gasteiger partial charge in [0.1, 0.15) is 5.69 Å². The Bertz CT molecular complexity index is 803. The molecule has 0 unspecified atom stereocenters. The van der Waals surface area contributed by atoms with Crippen LogP contribution in [0.15, 0.2) is 40.8 Å². The van der Waals surface area contributed by atoms with Crippen LogP contribution >= 0.6 is 0 Å². The number of nitrogens with zero attached hydrogens (tertiary/aromatic N) is 4. The molecule has 0 bridgehead atoms. The maximum atomic E-state index is 5.74. The summed E-state index contributed by atoms with van der Waals surface area (Å²) < 4.78 is 5.74. The molecular weight excluding hydrogens is 288 g/mol. The Morgan fingerprint density at radius 3 is 2.04 bits per heavy atom. The van der Waals surface area contributed by atoms with Crippen molar-refractivity contribution >= 4 is 0 Å². The van der Waals surface area contributed by atoms with Gasteiger partial charge in [-0.25, -0.2) is 4.98 Å². The first-order valence-corrected chi connectivity index (χ1v) is 7.19. The lowest BCUT2D eigenvalue weighted by molar-refractivity contribution is 0.398. The SMILES string of the molecule is C.Cc1cccc(-c2cccc(-c3nnc(C(C)(C)C)o3)n2)n1. The molecule has 0 spiro atoms. The molecule has 0 radical (unpaired) electrons. The summed E-state index contributed by atoms with van der Waals surface area (Å²) in [5.74, 6) is 1.03. The molecule has 0 aliphatic carbocycles. The van der Waals surface area contributed by atoms with Gasteiger partial charge in [-0.15, -0.1) is 10.2 Å². The van der Waals surface area contributed by atoms with E-state index in [9.17, 15) is 0 Å². The van der Waals surface area contributed by atoms with Gasteiger partial charge in [0.2, 0.25) is 5.89 Å². The highest BCUT2D eigenvalue weighted by atomic mass is 16.4. The molecule has 0 N–H and O–H groups in total. The summed E-state index contributed by atoms with van der Waals surface area (Å²) in [6.45, 7) is 8.06. The minimum Gasteiger partial charge on any atom is -0.419 e. The molecule has 23 heavy (non-hydrogen) atoms. The van der Waals surface area contributed by atoms with Gasteiger partial charge in [-0.1, -0.05) is 40.3 Å². The Balaban J connectivity index is 0.00000192. The van der Waals surface area contributed by atoms with Gasteiger partial charge in [0.25, 0.3) is 5.89 Å². The normalized spacial score (nSPS) is 11.1. The third kappa shape index (κ3) is 3.62. The van der Waals surface area contributed by atoms with Crippen LogP contribution in [-0.2, 0) is 5.41 Å². The maximum Gasteiger partial charge on any atom is 0.266 e. The van der Waals surface area contributed by atoms with Crippen molar-refractivity contribution in [3.8, 4) is 23.0 Å². The van der Waals surface area contributed by atoms with Crippen LogP contribution in [0.4, 0.5) is 0 Å². The van der Waals surface area contributed by atoms with E-state index in [1.54, 1.807) is 0 Å². The Hall–Kier alpha value is -2.56. The molecule has 0 aliphatic heterocycles. The minimum absolute atomic E-state index is 0. The Morgan fingerprint density at radius 2 is 1.43 bits per heavy atom. The van der Waals surface area contributed by atoms with Crippen molar-refractivity contribution in [2.45, 2.75) is 40.5 Å². The number of rotatable bonds is 2. The van der Waals surface area contributed by atoms with Crippen molar-refractivity contribution < 1.29 is 4.42 Å². The van der Waals surface area contributed by atoms with E-state index in [2.05, 4.69) is 20.2 Å². The maximum absolute atomic E-state index is 5.74. The number of aromatic nitrogens is 4. The first kappa shape index (κ1) is 16.8. The number of hydrogen-bond acceptors (Lipinski definition) is 5. The number of hydrogen-bond donors (Lipinski definition) is 0. The monoisotopic (exact) mass is 310 g/mol. The smallest absolute Gasteiger partial charge is 0.266 e. The van der Waals surface area contributed by atoms with Crippen LogP contribution in [0.2, 0.25) is 0 Å². The first-order chi connectivity index (χ1) is 10.4. The Labute approximate surface area is 136 Å². The van der Waals surface area contributed by atoms with Crippen molar-refractivity contribution in [2.24, 2.45) is 0 Å². The molecule has 5 heteroatoms. The highest BCUT2D eigenvalue weighted by molar-refractivity contribution is 5.59. The van der Waals surface area contributed by atoms with E-state index in [1.165, 1.54) is 0 Å². The van der Waals surface area contributed by atoms with Gasteiger partial charge in [-0.05, 0) is 31.2 Å². The zero-order valence-corrected chi connectivity index (χ0v) is 13.2. The average molecular weight is 310 g/mol. The molecule has 3 heterocycles. The van der Waals surface area contributed by atoms with Gasteiger partial charge in [-0.2, -0.15) is 0 Å². The average Bonchev–Trinajstić information content (AvgIpc) is 2.97. The molecule has 3 aromatic heterocycles. The summed E-state index contributed by atoms with van der Waals surface area (Å²) >= 11 is 0. The standard InChI is InChI=1S/C17H18N4O.CH4/c1-11-7-5-8-12(18-11)13-9-6-10-14(19-13)15-20-21-16(22-15)17(2,3)4;/h5-10H,1-4H3;1H4. The lowest BCUT2D eigenvalue weighted by Gasteiger charge is -2.10. The van der Waals surface area contributed by atoms with E-state index >= 15 is 0 Å². The highest BCUT2D eigenvalue weighted by Gasteiger charge is 2.22. The van der Waals surface area contributed by atoms with E-state index in [0.29, 0.717) is 17.5 Å². The van der Waals surface area contributed by atoms with E-state index in [1.807, 2.05) is 64.1 Å². The van der Waals surface area contributed by atoms with E-state index in [-0.39, 0.29) is 12.8 Å². The molecule has 0 aromatic carbocycles. The zero-order chi connectivity index (χ0) is 15.7. The summed E-state index contributed by atoms with van der Waals surface area (Å²) in [6.07, 6.45) is 0. The molecule has 120 valence electrons. The Morgan fingerprint density at radius 1 is 0.826 bits per heavy atom. The lowest BCUT2D eigenvalue weighted by atomic mass is 9.97. The fourth-order valence-electron chi connectivity index (χ4n) is 2.01. The van der Waals surface area contributed by atoms with Crippen LogP contribution < -0.4 is 0 Å². The third-order valence-corrected chi connectivity index (χ3v) is 3.19. The van der Waals surface area contributed by atoms with Gasteiger partial charge in [0.05, 0.1) is 11.4 Å². The van der Waals surface area contributed by atoms with Crippen LogP contribution in [0.1, 0.15) is 39.8 Å². The number of aryl methyl sites for hydroxylation is 1. The summed E-state index contributed by atoms with van der Waals surface area (Å²) in [4.78, 5) is 9.08. The zero-order valence-electron chi connectivity index (χ0n) is 13.2. The van der Waals surface area contributed by atoms with Crippen molar-refractivity contribution in [1.82, 2.24) is 20.2 Å². The second kappa shape index (κ2) is 6.28. The van der Waals surface area contributed by atoms with E-state index in [0.717, 1.165) is 17.1 Å². The molecule has 5 nitrogen and oxygen atoms in total. The van der Waals surface area contributed by atoms with E-state index < -0.39 is 0 Å². The predicted molar refractivity (Wildman–Crippen MR) is 90.9 cm³/mol. The van der Waals surface area contributed by atoms with Crippen LogP contribution in [0.25, 0.3) is 23.0 Å². The second-order valence-electron chi connectivity index (χ2n) is 6.23. The fraction of sp³-hybridized carbons (Fsp3) is 0.333. The topological polar surface area (TPSA) is 64.7 Å². The summed E-state index contributed by atoms with van der Waals surface area (Å²) in [7, 11) is 0. The van der Waals surface area contributed by atoms with Crippen LogP contribution in [0, 0.1) is 6.92 Å². The predicted octanol–water partition coefficient (Wildman–Crippen LogP) is 4.44. The summed E-state index contributed by atoms with van der Waals surface area (Å²) in [6, 6.07) is 11.6. The first-order valence-electron chi connectivity index (χ1n) is 7.19. The summed E-state index contributed by atoms with van der Waals surface area (Å²) in [5, 5.41) is 8.21. The quantitative estimate of drug-likeness (QED) is 0.700. The largest absolute Gasteiger partial charge is 0.419 e. The van der Waals surface area contributed by atoms with Crippen molar-refractivity contribution in [1.29, 1.82) is 0 Å². The molecule has 0 amide bonds. The minimum atomic E-state index is -0.180. The van der Waals surface area contributed by atoms with Crippen LogP contribution in [0.3, 0.4) is 0 Å². The third-order valence-electron chi connectivity index (χ3n) is 3.19. The van der Waals surface area contributed by atoms with Crippen molar-refractivity contribution in [2.75, 3.05) is 0 Å². The summed E-state index contributed by atoms with van der Waals surface area (Å²) in [5.41, 5.74) is 3.05. The Kier molecular flexibility index (Phi) is 4.59. The number of pyridine rings is 2. The molecule has 0 saturated carbocycles. The van der Waals surface area contributed by atoms with Crippen LogP contribution in [0.5, 0.6) is 0 Å². The van der Waals surface area contributed by atoms with Gasteiger partial charge in [0.15, 0.2) is 0 Å². The molecule has 0 fully saturated rings. The van der Waals surface area contributed by atoms with Gasteiger partial charge in [0, 0.05) is 11.1 Å². The van der Waals surface area contributed by atoms with Crippen LogP contribution in [-0.4, -0.2) is 20.2 Å². The van der Waals surface area contributed by atoms with Gasteiger partial charge in [-0.3, -0.25) is 4.98 Å². The van der Waals surface area contributed by atoms with Crippen molar-refractivity contribution in [3.05, 3.63) is 48.0 Å². The lowest BCUT2D eigenvalue weighted by Crippen LogP contribution is -2.11. The van der Waals surface area contributed by atoms with Crippen molar-refractivity contribution in [3.63, 3.8) is 0 Å². The molecule has 0 aliphatic rings. The molecule has 0 saturated heterocycles. The van der Waals surface area contributed by atoms with E-state index in [4.69, 9.17) is 4.42 Å². The second-order valence-corrected chi connectivity index (χ2v) is 6.23. The molecule has 0 atom stereocenters. The fourth-order valence-corrected chi connectivity index (χ4v) is 2.01. The molecule has 3 aromatic rings. The van der Waals surface area contributed by atoms with Gasteiger partial charge < -0.3 is 4.42 Å². The highest BCUT2D eigenvalue weighted by Crippen LogP contribution is 2.25. The molecular formula is C18H22N4O.